The van der Waals surface area contributed by atoms with Crippen LogP contribution in [0.3, 0.4) is 0 Å². The van der Waals surface area contributed by atoms with E-state index in [0.717, 1.165) is 25.7 Å². The van der Waals surface area contributed by atoms with E-state index in [1.165, 1.54) is 32.4 Å². The predicted molar refractivity (Wildman–Crippen MR) is 74.8 cm³/mol. The molecule has 2 aliphatic rings. The van der Waals surface area contributed by atoms with Gasteiger partial charge in [0.05, 0.1) is 6.10 Å². The maximum atomic E-state index is 10.0. The van der Waals surface area contributed by atoms with E-state index in [1.54, 1.807) is 0 Å². The predicted octanol–water partition coefficient (Wildman–Crippen LogP) is 0.515. The molecule has 0 bridgehead atoms. The molecule has 0 saturated carbocycles. The summed E-state index contributed by atoms with van der Waals surface area (Å²) in [6.07, 6.45) is 3.86. The van der Waals surface area contributed by atoms with Gasteiger partial charge in [0.15, 0.2) is 0 Å². The van der Waals surface area contributed by atoms with Gasteiger partial charge >= 0.3 is 0 Å². The number of nitrogens with zero attached hydrogens (tertiary/aromatic N) is 2. The number of hydrogen-bond donors (Lipinski definition) is 2. The summed E-state index contributed by atoms with van der Waals surface area (Å²) in [5.74, 6) is 0. The second kappa shape index (κ2) is 6.85. The van der Waals surface area contributed by atoms with Crippen LogP contribution in [-0.2, 0) is 0 Å². The van der Waals surface area contributed by atoms with Crippen molar-refractivity contribution in [1.82, 2.24) is 15.1 Å². The fourth-order valence-electron chi connectivity index (χ4n) is 3.12. The minimum absolute atomic E-state index is 0.234. The highest BCUT2D eigenvalue weighted by atomic mass is 16.3. The van der Waals surface area contributed by atoms with Crippen LogP contribution in [0.1, 0.15) is 33.1 Å². The van der Waals surface area contributed by atoms with Crippen LogP contribution < -0.4 is 5.32 Å². The maximum absolute atomic E-state index is 10.0. The first kappa shape index (κ1) is 14.3. The van der Waals surface area contributed by atoms with Gasteiger partial charge in [-0.05, 0) is 19.4 Å². The first-order valence-electron chi connectivity index (χ1n) is 7.53. The number of piperazine rings is 1. The van der Waals surface area contributed by atoms with Gasteiger partial charge in [-0.1, -0.05) is 20.3 Å². The average Bonchev–Trinajstić information content (AvgIpc) is 2.36. The number of β-amino-alcohol motifs (C(OH)–C–C–N with tert-alkyl or cyclic N) is 1. The third-order valence-corrected chi connectivity index (χ3v) is 4.15. The lowest BCUT2D eigenvalue weighted by molar-refractivity contribution is 0.0236. The van der Waals surface area contributed by atoms with Gasteiger partial charge in [-0.25, -0.2) is 0 Å². The van der Waals surface area contributed by atoms with Crippen LogP contribution in [0, 0.1) is 0 Å². The molecule has 2 rings (SSSR count). The minimum Gasteiger partial charge on any atom is -0.390 e. The molecule has 2 N–H and O–H groups in total. The summed E-state index contributed by atoms with van der Waals surface area (Å²) in [6.45, 7) is 10.5. The fraction of sp³-hybridized carbons (Fsp3) is 1.00. The van der Waals surface area contributed by atoms with E-state index in [0.29, 0.717) is 12.6 Å². The molecule has 2 aliphatic heterocycles. The molecule has 4 nitrogen and oxygen atoms in total. The lowest BCUT2D eigenvalue weighted by atomic mass is 9.99. The zero-order valence-electron chi connectivity index (χ0n) is 11.9. The summed E-state index contributed by atoms with van der Waals surface area (Å²) in [5.41, 5.74) is 0. The third-order valence-electron chi connectivity index (χ3n) is 4.15. The highest BCUT2D eigenvalue weighted by Crippen LogP contribution is 2.20. The smallest absolute Gasteiger partial charge is 0.0791 e. The molecule has 2 heterocycles. The van der Waals surface area contributed by atoms with E-state index < -0.39 is 0 Å². The van der Waals surface area contributed by atoms with Crippen LogP contribution in [0.5, 0.6) is 0 Å². The number of aliphatic hydroxyl groups excluding tert-OH is 1. The highest BCUT2D eigenvalue weighted by Gasteiger charge is 2.29. The molecule has 18 heavy (non-hydrogen) atoms. The molecule has 106 valence electrons. The summed E-state index contributed by atoms with van der Waals surface area (Å²) in [6, 6.07) is 1.20. The molecule has 2 saturated heterocycles. The van der Waals surface area contributed by atoms with Gasteiger partial charge in [0.1, 0.15) is 0 Å². The summed E-state index contributed by atoms with van der Waals surface area (Å²) in [5, 5.41) is 13.3. The van der Waals surface area contributed by atoms with Crippen LogP contribution in [0.2, 0.25) is 0 Å². The van der Waals surface area contributed by atoms with Crippen molar-refractivity contribution in [2.75, 3.05) is 39.3 Å². The van der Waals surface area contributed by atoms with Crippen molar-refractivity contribution >= 4 is 0 Å². The van der Waals surface area contributed by atoms with Gasteiger partial charge in [-0.15, -0.1) is 0 Å². The Morgan fingerprint density at radius 3 is 2.83 bits per heavy atom. The van der Waals surface area contributed by atoms with E-state index in [9.17, 15) is 5.11 Å². The monoisotopic (exact) mass is 255 g/mol. The molecule has 0 aromatic rings. The summed E-state index contributed by atoms with van der Waals surface area (Å²) >= 11 is 0. The first-order chi connectivity index (χ1) is 8.65. The van der Waals surface area contributed by atoms with Crippen LogP contribution >= 0.6 is 0 Å². The summed E-state index contributed by atoms with van der Waals surface area (Å²) in [7, 11) is 0. The van der Waals surface area contributed by atoms with Crippen molar-refractivity contribution in [3.05, 3.63) is 0 Å². The normalized spacial score (nSPS) is 28.3. The molecule has 0 radical (unpaired) electrons. The number of nitrogens with one attached hydrogen (secondary N) is 1. The van der Waals surface area contributed by atoms with E-state index in [-0.39, 0.29) is 6.10 Å². The van der Waals surface area contributed by atoms with Gasteiger partial charge in [0, 0.05) is 44.8 Å². The lowest BCUT2D eigenvalue weighted by Gasteiger charge is -2.44. The Morgan fingerprint density at radius 1 is 1.22 bits per heavy atom. The van der Waals surface area contributed by atoms with Crippen LogP contribution in [0.4, 0.5) is 0 Å². The fourth-order valence-corrected chi connectivity index (χ4v) is 3.12. The quantitative estimate of drug-likeness (QED) is 0.751. The number of rotatable bonds is 5. The highest BCUT2D eigenvalue weighted by molar-refractivity contribution is 4.86. The molecule has 4 heteroatoms. The molecule has 0 aliphatic carbocycles. The van der Waals surface area contributed by atoms with Crippen LogP contribution in [0.25, 0.3) is 0 Å². The van der Waals surface area contributed by atoms with Crippen molar-refractivity contribution in [2.24, 2.45) is 0 Å². The molecule has 2 atom stereocenters. The molecule has 2 fully saturated rings. The zero-order chi connectivity index (χ0) is 13.0. The van der Waals surface area contributed by atoms with Crippen molar-refractivity contribution in [3.63, 3.8) is 0 Å². The van der Waals surface area contributed by atoms with Gasteiger partial charge < -0.3 is 10.4 Å². The SMILES string of the molecule is CC(C)NCC(O)CN1CCN2CCCCC2C1. The maximum Gasteiger partial charge on any atom is 0.0791 e. The number of piperidine rings is 1. The van der Waals surface area contributed by atoms with Gasteiger partial charge in [0.2, 0.25) is 0 Å². The van der Waals surface area contributed by atoms with Crippen LogP contribution in [-0.4, -0.2) is 72.4 Å². The minimum atomic E-state index is -0.234. The van der Waals surface area contributed by atoms with Crippen LogP contribution in [0.15, 0.2) is 0 Å². The van der Waals surface area contributed by atoms with Gasteiger partial charge in [-0.2, -0.15) is 0 Å². The second-order valence-corrected chi connectivity index (χ2v) is 6.16. The van der Waals surface area contributed by atoms with Crippen molar-refractivity contribution in [1.29, 1.82) is 0 Å². The van der Waals surface area contributed by atoms with E-state index in [1.807, 2.05) is 0 Å². The molecule has 2 unspecified atom stereocenters. The van der Waals surface area contributed by atoms with E-state index >= 15 is 0 Å². The van der Waals surface area contributed by atoms with Gasteiger partial charge in [-0.3, -0.25) is 9.80 Å². The van der Waals surface area contributed by atoms with E-state index in [4.69, 9.17) is 0 Å². The summed E-state index contributed by atoms with van der Waals surface area (Å²) < 4.78 is 0. The number of hydrogen-bond acceptors (Lipinski definition) is 4. The van der Waals surface area contributed by atoms with Crippen molar-refractivity contribution in [3.8, 4) is 0 Å². The van der Waals surface area contributed by atoms with Crippen molar-refractivity contribution < 1.29 is 5.11 Å². The Morgan fingerprint density at radius 2 is 2.06 bits per heavy atom. The molecular weight excluding hydrogens is 226 g/mol. The zero-order valence-corrected chi connectivity index (χ0v) is 11.9. The Labute approximate surface area is 111 Å². The average molecular weight is 255 g/mol. The molecule has 0 aromatic heterocycles. The van der Waals surface area contributed by atoms with Crippen molar-refractivity contribution in [2.45, 2.75) is 51.3 Å². The standard InChI is InChI=1S/C14H29N3O/c1-12(2)15-9-14(18)11-16-7-8-17-6-4-3-5-13(17)10-16/h12-15,18H,3-11H2,1-2H3. The molecular formula is C14H29N3O. The Hall–Kier alpha value is -0.160. The summed E-state index contributed by atoms with van der Waals surface area (Å²) in [4.78, 5) is 5.08. The Balaban J connectivity index is 1.70. The first-order valence-corrected chi connectivity index (χ1v) is 7.53. The van der Waals surface area contributed by atoms with E-state index in [2.05, 4.69) is 29.0 Å². The third kappa shape index (κ3) is 4.19. The Bertz CT molecular complexity index is 247. The molecule has 0 aromatic carbocycles. The number of aliphatic hydroxyl groups is 1. The topological polar surface area (TPSA) is 38.7 Å². The Kier molecular flexibility index (Phi) is 5.42. The lowest BCUT2D eigenvalue weighted by Crippen LogP contribution is -2.56. The molecule has 0 spiro atoms. The largest absolute Gasteiger partial charge is 0.390 e. The van der Waals surface area contributed by atoms with Gasteiger partial charge in [0.25, 0.3) is 0 Å². The molecule has 0 amide bonds. The second-order valence-electron chi connectivity index (χ2n) is 6.16. The number of fused-ring (bicyclic) bond motifs is 1.